The zero-order valence-electron chi connectivity index (χ0n) is 17.1. The Kier molecular flexibility index (Phi) is 5.09. The number of benzene rings is 2. The topological polar surface area (TPSA) is 66.0 Å². The molecular weight excluding hydrogens is 370 g/mol. The van der Waals surface area contributed by atoms with Crippen LogP contribution in [0.3, 0.4) is 0 Å². The number of hydrogen-bond acceptors (Lipinski definition) is 6. The first-order valence-electron chi connectivity index (χ1n) is 9.62. The van der Waals surface area contributed by atoms with Crippen LogP contribution in [0.5, 0.6) is 23.0 Å². The smallest absolute Gasteiger partial charge is 0.161 e. The van der Waals surface area contributed by atoms with Crippen LogP contribution in [0.4, 0.5) is 5.69 Å². The Morgan fingerprint density at radius 1 is 0.862 bits per heavy atom. The molecule has 0 spiro atoms. The zero-order chi connectivity index (χ0) is 20.5. The van der Waals surface area contributed by atoms with Crippen molar-refractivity contribution >= 4 is 11.5 Å². The number of hydrogen-bond donors (Lipinski definition) is 1. The highest BCUT2D eigenvalue weighted by Crippen LogP contribution is 2.52. The molecule has 0 fully saturated rings. The fourth-order valence-electron chi connectivity index (χ4n) is 4.29. The van der Waals surface area contributed by atoms with E-state index in [2.05, 4.69) is 5.32 Å². The Labute approximate surface area is 170 Å². The Morgan fingerprint density at radius 3 is 2.28 bits per heavy atom. The van der Waals surface area contributed by atoms with Gasteiger partial charge in [-0.15, -0.1) is 0 Å². The van der Waals surface area contributed by atoms with Crippen LogP contribution in [-0.4, -0.2) is 34.2 Å². The van der Waals surface area contributed by atoms with E-state index in [0.717, 1.165) is 40.9 Å². The van der Waals surface area contributed by atoms with E-state index in [1.54, 1.807) is 28.4 Å². The fraction of sp³-hybridized carbons (Fsp3) is 0.348. The first-order chi connectivity index (χ1) is 14.1. The third kappa shape index (κ3) is 3.18. The van der Waals surface area contributed by atoms with E-state index in [0.29, 0.717) is 29.4 Å². The third-order valence-corrected chi connectivity index (χ3v) is 5.64. The van der Waals surface area contributed by atoms with E-state index >= 15 is 0 Å². The molecule has 0 bridgehead atoms. The van der Waals surface area contributed by atoms with E-state index in [1.807, 2.05) is 30.3 Å². The normalized spacial score (nSPS) is 17.8. The standard InChI is InChI=1S/C23H25NO5/c1-26-13-8-9-15(19(11-13)28-3)21-22-16(6-5-7-18(22)25)24-17-10-14(27-2)12-20(29-4)23(17)21/h8-12,21,24H,5-7H2,1-4H3/t21-/m0/s1. The largest absolute Gasteiger partial charge is 0.497 e. The van der Waals surface area contributed by atoms with Crippen molar-refractivity contribution in [1.29, 1.82) is 0 Å². The van der Waals surface area contributed by atoms with Gasteiger partial charge in [0.2, 0.25) is 0 Å². The molecule has 1 atom stereocenters. The highest BCUT2D eigenvalue weighted by molar-refractivity contribution is 6.01. The van der Waals surface area contributed by atoms with Crippen LogP contribution in [0.1, 0.15) is 36.3 Å². The number of methoxy groups -OCH3 is 4. The molecule has 0 radical (unpaired) electrons. The van der Waals surface area contributed by atoms with Crippen molar-refractivity contribution < 1.29 is 23.7 Å². The van der Waals surface area contributed by atoms with Crippen LogP contribution in [-0.2, 0) is 4.79 Å². The van der Waals surface area contributed by atoms with Crippen LogP contribution in [0.15, 0.2) is 41.6 Å². The van der Waals surface area contributed by atoms with Crippen molar-refractivity contribution in [2.45, 2.75) is 25.2 Å². The van der Waals surface area contributed by atoms with Crippen LogP contribution in [0.2, 0.25) is 0 Å². The molecule has 2 aromatic carbocycles. The molecule has 1 heterocycles. The number of carbonyl (C=O) groups excluding carboxylic acids is 1. The van der Waals surface area contributed by atoms with Crippen molar-refractivity contribution in [2.75, 3.05) is 33.8 Å². The molecule has 1 aliphatic heterocycles. The Hall–Kier alpha value is -3.15. The predicted molar refractivity (Wildman–Crippen MR) is 110 cm³/mol. The number of ketones is 1. The van der Waals surface area contributed by atoms with Gasteiger partial charge in [0.25, 0.3) is 0 Å². The van der Waals surface area contributed by atoms with Gasteiger partial charge in [-0.3, -0.25) is 4.79 Å². The van der Waals surface area contributed by atoms with Crippen LogP contribution >= 0.6 is 0 Å². The summed E-state index contributed by atoms with van der Waals surface area (Å²) in [4.78, 5) is 13.0. The molecule has 6 heteroatoms. The lowest BCUT2D eigenvalue weighted by molar-refractivity contribution is -0.116. The number of fused-ring (bicyclic) bond motifs is 1. The molecule has 0 saturated heterocycles. The summed E-state index contributed by atoms with van der Waals surface area (Å²) >= 11 is 0. The number of nitrogens with one attached hydrogen (secondary N) is 1. The molecule has 0 amide bonds. The van der Waals surface area contributed by atoms with Gasteiger partial charge in [-0.1, -0.05) is 6.07 Å². The molecule has 4 rings (SSSR count). The van der Waals surface area contributed by atoms with Gasteiger partial charge in [-0.25, -0.2) is 0 Å². The van der Waals surface area contributed by atoms with Crippen molar-refractivity contribution in [1.82, 2.24) is 0 Å². The first-order valence-corrected chi connectivity index (χ1v) is 9.62. The van der Waals surface area contributed by atoms with Crippen LogP contribution in [0.25, 0.3) is 0 Å². The van der Waals surface area contributed by atoms with Crippen molar-refractivity contribution in [3.63, 3.8) is 0 Å². The number of allylic oxidation sites excluding steroid dienone is 2. The first kappa shape index (κ1) is 19.2. The van der Waals surface area contributed by atoms with Gasteiger partial charge in [-0.05, 0) is 18.9 Å². The molecule has 0 aromatic heterocycles. The fourth-order valence-corrected chi connectivity index (χ4v) is 4.29. The molecule has 152 valence electrons. The zero-order valence-corrected chi connectivity index (χ0v) is 17.1. The number of ether oxygens (including phenoxy) is 4. The Bertz CT molecular complexity index is 995. The maximum absolute atomic E-state index is 13.0. The van der Waals surface area contributed by atoms with E-state index < -0.39 is 0 Å². The average Bonchev–Trinajstić information content (AvgIpc) is 2.76. The second kappa shape index (κ2) is 7.70. The summed E-state index contributed by atoms with van der Waals surface area (Å²) in [6.45, 7) is 0. The Balaban J connectivity index is 2.00. The minimum Gasteiger partial charge on any atom is -0.497 e. The molecule has 1 aliphatic carbocycles. The van der Waals surface area contributed by atoms with E-state index in [-0.39, 0.29) is 11.7 Å². The minimum atomic E-state index is -0.296. The molecule has 29 heavy (non-hydrogen) atoms. The van der Waals surface area contributed by atoms with Gasteiger partial charge < -0.3 is 24.3 Å². The summed E-state index contributed by atoms with van der Waals surface area (Å²) in [6, 6.07) is 9.50. The second-order valence-electron chi connectivity index (χ2n) is 7.13. The van der Waals surface area contributed by atoms with Crippen LogP contribution < -0.4 is 24.3 Å². The second-order valence-corrected chi connectivity index (χ2v) is 7.13. The third-order valence-electron chi connectivity index (χ3n) is 5.64. The molecule has 2 aromatic rings. The summed E-state index contributed by atoms with van der Waals surface area (Å²) in [5.41, 5.74) is 4.45. The Morgan fingerprint density at radius 2 is 1.59 bits per heavy atom. The molecule has 1 N–H and O–H groups in total. The molecule has 0 unspecified atom stereocenters. The summed E-state index contributed by atoms with van der Waals surface area (Å²) in [5, 5.41) is 3.47. The lowest BCUT2D eigenvalue weighted by atomic mass is 9.75. The van der Waals surface area contributed by atoms with Crippen molar-refractivity contribution in [2.24, 2.45) is 0 Å². The van der Waals surface area contributed by atoms with E-state index in [4.69, 9.17) is 18.9 Å². The lowest BCUT2D eigenvalue weighted by Crippen LogP contribution is -2.27. The molecule has 0 saturated carbocycles. The summed E-state index contributed by atoms with van der Waals surface area (Å²) in [6.07, 6.45) is 2.21. The predicted octanol–water partition coefficient (Wildman–Crippen LogP) is 4.29. The average molecular weight is 395 g/mol. The van der Waals surface area contributed by atoms with Gasteiger partial charge in [-0.2, -0.15) is 0 Å². The minimum absolute atomic E-state index is 0.158. The lowest BCUT2D eigenvalue weighted by Gasteiger charge is -2.35. The molecular formula is C23H25NO5. The highest BCUT2D eigenvalue weighted by atomic mass is 16.5. The number of anilines is 1. The van der Waals surface area contributed by atoms with Gasteiger partial charge in [0.05, 0.1) is 28.4 Å². The summed E-state index contributed by atoms with van der Waals surface area (Å²) in [5.74, 6) is 2.59. The van der Waals surface area contributed by atoms with Crippen molar-refractivity contribution in [3.8, 4) is 23.0 Å². The SMILES string of the molecule is COc1ccc([C@H]2C3=C(CCCC3=O)Nc3cc(OC)cc(OC)c32)c(OC)c1. The van der Waals surface area contributed by atoms with Crippen molar-refractivity contribution in [3.05, 3.63) is 52.7 Å². The van der Waals surface area contributed by atoms with Gasteiger partial charge in [0.1, 0.15) is 23.0 Å². The quantitative estimate of drug-likeness (QED) is 0.815. The van der Waals surface area contributed by atoms with Gasteiger partial charge in [0.15, 0.2) is 5.78 Å². The van der Waals surface area contributed by atoms with Gasteiger partial charge in [0, 0.05) is 58.6 Å². The van der Waals surface area contributed by atoms with E-state index in [9.17, 15) is 4.79 Å². The molecule has 2 aliphatic rings. The monoisotopic (exact) mass is 395 g/mol. The number of rotatable bonds is 5. The number of Topliss-reactive ketones (excluding diaryl/α,β-unsaturated/α-hetero) is 1. The maximum Gasteiger partial charge on any atom is 0.161 e. The maximum atomic E-state index is 13.0. The van der Waals surface area contributed by atoms with Crippen LogP contribution in [0, 0.1) is 0 Å². The number of carbonyl (C=O) groups is 1. The highest BCUT2D eigenvalue weighted by Gasteiger charge is 2.38. The summed E-state index contributed by atoms with van der Waals surface area (Å²) in [7, 11) is 6.51. The summed E-state index contributed by atoms with van der Waals surface area (Å²) < 4.78 is 22.2. The molecule has 6 nitrogen and oxygen atoms in total. The van der Waals surface area contributed by atoms with E-state index in [1.165, 1.54) is 0 Å². The van der Waals surface area contributed by atoms with Gasteiger partial charge >= 0.3 is 0 Å².